The zero-order valence-corrected chi connectivity index (χ0v) is 10.9. The zero-order chi connectivity index (χ0) is 12.9. The molecule has 0 aromatic heterocycles. The minimum atomic E-state index is -0.459. The number of amides is 1. The van der Waals surface area contributed by atoms with Gasteiger partial charge in [-0.05, 0) is 25.8 Å². The predicted molar refractivity (Wildman–Crippen MR) is 70.5 cm³/mol. The molecule has 1 unspecified atom stereocenters. The van der Waals surface area contributed by atoms with Crippen molar-refractivity contribution in [2.45, 2.75) is 45.2 Å². The average Bonchev–Trinajstić information content (AvgIpc) is 2.24. The van der Waals surface area contributed by atoms with Crippen LogP contribution in [0.15, 0.2) is 30.3 Å². The third kappa shape index (κ3) is 5.00. The van der Waals surface area contributed by atoms with Crippen molar-refractivity contribution in [2.75, 3.05) is 0 Å². The molecule has 0 saturated heterocycles. The van der Waals surface area contributed by atoms with Gasteiger partial charge in [-0.25, -0.2) is 0 Å². The van der Waals surface area contributed by atoms with E-state index in [9.17, 15) is 4.79 Å². The molecule has 0 aliphatic rings. The van der Waals surface area contributed by atoms with Crippen LogP contribution < -0.4 is 11.1 Å². The monoisotopic (exact) mass is 234 g/mol. The third-order valence-corrected chi connectivity index (χ3v) is 2.56. The van der Waals surface area contributed by atoms with E-state index in [-0.39, 0.29) is 11.9 Å². The molecule has 94 valence electrons. The molecule has 1 atom stereocenters. The Hall–Kier alpha value is -1.35. The van der Waals surface area contributed by atoms with E-state index in [0.29, 0.717) is 6.42 Å². The number of nitrogens with one attached hydrogen (secondary N) is 1. The highest BCUT2D eigenvalue weighted by molar-refractivity contribution is 5.77. The van der Waals surface area contributed by atoms with Crippen LogP contribution in [-0.2, 0) is 4.79 Å². The maximum absolute atomic E-state index is 11.8. The Labute approximate surface area is 103 Å². The lowest BCUT2D eigenvalue weighted by atomic mass is 10.00. The smallest absolute Gasteiger partial charge is 0.222 e. The number of benzene rings is 1. The molecule has 1 aromatic rings. The molecule has 0 saturated carbocycles. The highest BCUT2D eigenvalue weighted by Gasteiger charge is 2.19. The summed E-state index contributed by atoms with van der Waals surface area (Å²) in [7, 11) is 0. The van der Waals surface area contributed by atoms with Crippen LogP contribution in [0.2, 0.25) is 0 Å². The number of carbonyl (C=O) groups excluding carboxylic acids is 1. The zero-order valence-electron chi connectivity index (χ0n) is 10.9. The normalized spacial score (nSPS) is 13.2. The van der Waals surface area contributed by atoms with Gasteiger partial charge >= 0.3 is 0 Å². The van der Waals surface area contributed by atoms with Gasteiger partial charge in [-0.2, -0.15) is 0 Å². The molecule has 17 heavy (non-hydrogen) atoms. The summed E-state index contributed by atoms with van der Waals surface area (Å²) in [6.45, 7) is 5.78. The summed E-state index contributed by atoms with van der Waals surface area (Å²) in [6, 6.07) is 10.1. The van der Waals surface area contributed by atoms with Crippen molar-refractivity contribution >= 4 is 5.91 Å². The largest absolute Gasteiger partial charge is 0.349 e. The highest BCUT2D eigenvalue weighted by Crippen LogP contribution is 2.16. The molecule has 0 heterocycles. The number of carbonyl (C=O) groups is 1. The fraction of sp³-hybridized carbons (Fsp3) is 0.500. The Morgan fingerprint density at radius 1 is 1.35 bits per heavy atom. The van der Waals surface area contributed by atoms with E-state index in [4.69, 9.17) is 5.73 Å². The van der Waals surface area contributed by atoms with Gasteiger partial charge in [0.15, 0.2) is 0 Å². The topological polar surface area (TPSA) is 55.1 Å². The molecule has 0 aliphatic carbocycles. The molecule has 0 radical (unpaired) electrons. The summed E-state index contributed by atoms with van der Waals surface area (Å²) in [5.74, 6) is 0.00760. The van der Waals surface area contributed by atoms with Gasteiger partial charge in [0.25, 0.3) is 0 Å². The maximum Gasteiger partial charge on any atom is 0.222 e. The van der Waals surface area contributed by atoms with Crippen molar-refractivity contribution < 1.29 is 4.79 Å². The fourth-order valence-corrected chi connectivity index (χ4v) is 1.77. The number of hydrogen-bond acceptors (Lipinski definition) is 2. The number of hydrogen-bond donors (Lipinski definition) is 2. The number of rotatable bonds is 5. The van der Waals surface area contributed by atoms with Crippen LogP contribution in [0.4, 0.5) is 0 Å². The molecular formula is C14H22N2O. The molecule has 1 aromatic carbocycles. The molecule has 3 heteroatoms. The van der Waals surface area contributed by atoms with Crippen molar-refractivity contribution in [3.05, 3.63) is 35.9 Å². The quantitative estimate of drug-likeness (QED) is 0.822. The lowest BCUT2D eigenvalue weighted by Crippen LogP contribution is -2.40. The fourth-order valence-electron chi connectivity index (χ4n) is 1.77. The second-order valence-electron chi connectivity index (χ2n) is 5.10. The van der Waals surface area contributed by atoms with E-state index in [0.717, 1.165) is 12.0 Å². The Bertz CT molecular complexity index is 354. The summed E-state index contributed by atoms with van der Waals surface area (Å²) in [4.78, 5) is 11.8. The van der Waals surface area contributed by atoms with Crippen LogP contribution in [-0.4, -0.2) is 11.4 Å². The van der Waals surface area contributed by atoms with Gasteiger partial charge in [0.1, 0.15) is 0 Å². The molecule has 0 aliphatic heterocycles. The Morgan fingerprint density at radius 3 is 2.41 bits per heavy atom. The lowest BCUT2D eigenvalue weighted by molar-refractivity contribution is -0.122. The van der Waals surface area contributed by atoms with Gasteiger partial charge in [-0.3, -0.25) is 4.79 Å². The van der Waals surface area contributed by atoms with Crippen LogP contribution in [0, 0.1) is 0 Å². The van der Waals surface area contributed by atoms with Gasteiger partial charge in [-0.1, -0.05) is 37.3 Å². The van der Waals surface area contributed by atoms with E-state index >= 15 is 0 Å². The summed E-state index contributed by atoms with van der Waals surface area (Å²) in [5, 5.41) is 3.02. The standard InChI is InChI=1S/C14H22N2O/c1-4-12(11-8-6-5-7-9-11)16-13(17)10-14(2,3)15/h5-9,12H,4,10,15H2,1-3H3,(H,16,17). The van der Waals surface area contributed by atoms with Gasteiger partial charge in [0.2, 0.25) is 5.91 Å². The molecule has 3 N–H and O–H groups in total. The van der Waals surface area contributed by atoms with Crippen molar-refractivity contribution in [1.82, 2.24) is 5.32 Å². The van der Waals surface area contributed by atoms with Crippen LogP contribution in [0.1, 0.15) is 45.2 Å². The first-order chi connectivity index (χ1) is 7.92. The van der Waals surface area contributed by atoms with E-state index in [1.807, 2.05) is 44.2 Å². The molecule has 1 amide bonds. The first kappa shape index (κ1) is 13.7. The first-order valence-corrected chi connectivity index (χ1v) is 6.05. The van der Waals surface area contributed by atoms with E-state index in [1.165, 1.54) is 0 Å². The maximum atomic E-state index is 11.8. The molecule has 3 nitrogen and oxygen atoms in total. The molecule has 0 bridgehead atoms. The summed E-state index contributed by atoms with van der Waals surface area (Å²) >= 11 is 0. The third-order valence-electron chi connectivity index (χ3n) is 2.56. The molecule has 1 rings (SSSR count). The summed E-state index contributed by atoms with van der Waals surface area (Å²) in [5.41, 5.74) is 6.51. The number of nitrogens with two attached hydrogens (primary N) is 1. The second kappa shape index (κ2) is 5.82. The van der Waals surface area contributed by atoms with Crippen molar-refractivity contribution in [3.8, 4) is 0 Å². The average molecular weight is 234 g/mol. The van der Waals surface area contributed by atoms with Crippen LogP contribution in [0.3, 0.4) is 0 Å². The van der Waals surface area contributed by atoms with Crippen molar-refractivity contribution in [2.24, 2.45) is 5.73 Å². The molecule has 0 fully saturated rings. The van der Waals surface area contributed by atoms with E-state index in [1.54, 1.807) is 0 Å². The van der Waals surface area contributed by atoms with Crippen LogP contribution in [0.5, 0.6) is 0 Å². The van der Waals surface area contributed by atoms with Crippen molar-refractivity contribution in [3.63, 3.8) is 0 Å². The first-order valence-electron chi connectivity index (χ1n) is 6.05. The minimum Gasteiger partial charge on any atom is -0.349 e. The summed E-state index contributed by atoms with van der Waals surface area (Å²) < 4.78 is 0. The van der Waals surface area contributed by atoms with E-state index < -0.39 is 5.54 Å². The van der Waals surface area contributed by atoms with Crippen LogP contribution >= 0.6 is 0 Å². The highest BCUT2D eigenvalue weighted by atomic mass is 16.1. The van der Waals surface area contributed by atoms with E-state index in [2.05, 4.69) is 12.2 Å². The lowest BCUT2D eigenvalue weighted by Gasteiger charge is -2.22. The minimum absolute atomic E-state index is 0.00760. The Balaban J connectivity index is 2.62. The Morgan fingerprint density at radius 2 is 1.94 bits per heavy atom. The summed E-state index contributed by atoms with van der Waals surface area (Å²) in [6.07, 6.45) is 1.22. The van der Waals surface area contributed by atoms with Gasteiger partial charge in [-0.15, -0.1) is 0 Å². The van der Waals surface area contributed by atoms with Gasteiger partial charge in [0, 0.05) is 12.0 Å². The van der Waals surface area contributed by atoms with Crippen molar-refractivity contribution in [1.29, 1.82) is 0 Å². The van der Waals surface area contributed by atoms with Gasteiger partial charge < -0.3 is 11.1 Å². The Kier molecular flexibility index (Phi) is 4.70. The molecular weight excluding hydrogens is 212 g/mol. The van der Waals surface area contributed by atoms with Gasteiger partial charge in [0.05, 0.1) is 6.04 Å². The predicted octanol–water partition coefficient (Wildman–Crippen LogP) is 2.38. The van der Waals surface area contributed by atoms with Crippen LogP contribution in [0.25, 0.3) is 0 Å². The second-order valence-corrected chi connectivity index (χ2v) is 5.10. The molecule has 0 spiro atoms. The SMILES string of the molecule is CCC(NC(=O)CC(C)(C)N)c1ccccc1.